The Kier molecular flexibility index (Phi) is 4.75. The maximum Gasteiger partial charge on any atom is 0.175 e. The highest BCUT2D eigenvalue weighted by molar-refractivity contribution is 7.94. The maximum atomic E-state index is 13.6. The van der Waals surface area contributed by atoms with Gasteiger partial charge in [0.25, 0.3) is 0 Å². The molecule has 0 bridgehead atoms. The van der Waals surface area contributed by atoms with Crippen molar-refractivity contribution in [2.75, 3.05) is 5.75 Å². The van der Waals surface area contributed by atoms with E-state index in [4.69, 9.17) is 11.6 Å². The van der Waals surface area contributed by atoms with E-state index in [1.165, 1.54) is 25.1 Å². The van der Waals surface area contributed by atoms with E-state index in [1.807, 2.05) is 0 Å². The van der Waals surface area contributed by atoms with Crippen molar-refractivity contribution in [3.8, 4) is 0 Å². The highest BCUT2D eigenvalue weighted by Gasteiger charge is 2.47. The van der Waals surface area contributed by atoms with Gasteiger partial charge in [-0.05, 0) is 12.5 Å². The molecular weight excluding hydrogens is 279 g/mol. The zero-order valence-corrected chi connectivity index (χ0v) is 11.8. The van der Waals surface area contributed by atoms with Gasteiger partial charge in [-0.1, -0.05) is 43.6 Å². The second kappa shape index (κ2) is 5.55. The van der Waals surface area contributed by atoms with Crippen molar-refractivity contribution in [2.45, 2.75) is 30.6 Å². The normalized spacial score (nSPS) is 17.2. The smallest absolute Gasteiger partial charge is 0.175 e. The van der Waals surface area contributed by atoms with Crippen LogP contribution in [0.1, 0.15) is 31.9 Å². The van der Waals surface area contributed by atoms with Gasteiger partial charge in [-0.2, -0.15) is 0 Å². The summed E-state index contributed by atoms with van der Waals surface area (Å²) in [6.45, 7) is 2.99. The van der Waals surface area contributed by atoms with Crippen molar-refractivity contribution in [3.63, 3.8) is 0 Å². The van der Waals surface area contributed by atoms with Gasteiger partial charge in [0.1, 0.15) is 11.9 Å². The summed E-state index contributed by atoms with van der Waals surface area (Å²) in [5, 5.41) is 10.1. The molecule has 1 N–H and O–H groups in total. The Bertz CT molecular complexity index is 518. The Balaban J connectivity index is 3.31. The lowest BCUT2D eigenvalue weighted by atomic mass is 10.0. The predicted molar refractivity (Wildman–Crippen MR) is 69.7 cm³/mol. The Labute approximate surface area is 112 Å². The monoisotopic (exact) mass is 294 g/mol. The second-order valence-electron chi connectivity index (χ2n) is 3.97. The van der Waals surface area contributed by atoms with Crippen LogP contribution >= 0.6 is 11.6 Å². The van der Waals surface area contributed by atoms with E-state index in [9.17, 15) is 17.9 Å². The minimum absolute atomic E-state index is 0.0137. The molecule has 0 radical (unpaired) electrons. The van der Waals surface area contributed by atoms with E-state index in [2.05, 4.69) is 0 Å². The lowest BCUT2D eigenvalue weighted by Crippen LogP contribution is -2.40. The number of alkyl halides is 1. The van der Waals surface area contributed by atoms with Gasteiger partial charge in [-0.15, -0.1) is 0 Å². The van der Waals surface area contributed by atoms with E-state index in [1.54, 1.807) is 6.92 Å². The zero-order valence-electron chi connectivity index (χ0n) is 10.2. The van der Waals surface area contributed by atoms with Crippen molar-refractivity contribution in [1.82, 2.24) is 0 Å². The fraction of sp³-hybridized carbons (Fsp3) is 0.500. The van der Waals surface area contributed by atoms with Crippen LogP contribution in [0.15, 0.2) is 24.3 Å². The van der Waals surface area contributed by atoms with Crippen LogP contribution in [0.25, 0.3) is 0 Å². The van der Waals surface area contributed by atoms with Crippen LogP contribution in [0.4, 0.5) is 4.39 Å². The molecular formula is C12H16ClFO3S. The van der Waals surface area contributed by atoms with Crippen molar-refractivity contribution in [2.24, 2.45) is 0 Å². The Morgan fingerprint density at radius 3 is 2.39 bits per heavy atom. The van der Waals surface area contributed by atoms with Crippen LogP contribution in [0.5, 0.6) is 0 Å². The van der Waals surface area contributed by atoms with Crippen LogP contribution in [-0.4, -0.2) is 23.5 Å². The Morgan fingerprint density at radius 2 is 1.94 bits per heavy atom. The minimum atomic E-state index is -3.73. The number of aliphatic hydroxyl groups is 1. The zero-order chi connectivity index (χ0) is 14.0. The van der Waals surface area contributed by atoms with E-state index in [0.29, 0.717) is 0 Å². The molecule has 18 heavy (non-hydrogen) atoms. The summed E-state index contributed by atoms with van der Waals surface area (Å²) >= 11 is 6.07. The molecule has 0 aliphatic heterocycles. The molecule has 0 aromatic heterocycles. The van der Waals surface area contributed by atoms with Crippen molar-refractivity contribution >= 4 is 21.4 Å². The lowest BCUT2D eigenvalue weighted by Gasteiger charge is -2.30. The molecule has 0 fully saturated rings. The fourth-order valence-electron chi connectivity index (χ4n) is 1.75. The lowest BCUT2D eigenvalue weighted by molar-refractivity contribution is 0.150. The molecule has 0 aliphatic rings. The molecule has 102 valence electrons. The average molecular weight is 295 g/mol. The quantitative estimate of drug-likeness (QED) is 0.850. The van der Waals surface area contributed by atoms with Gasteiger partial charge in [0.05, 0.1) is 0 Å². The molecule has 1 rings (SSSR count). The predicted octanol–water partition coefficient (Wildman–Crippen LogP) is 2.64. The third-order valence-electron chi connectivity index (χ3n) is 2.99. The van der Waals surface area contributed by atoms with Crippen molar-refractivity contribution in [3.05, 3.63) is 35.6 Å². The largest absolute Gasteiger partial charge is 0.385 e. The number of hydrogen-bond acceptors (Lipinski definition) is 3. The van der Waals surface area contributed by atoms with E-state index in [-0.39, 0.29) is 17.7 Å². The first-order chi connectivity index (χ1) is 8.30. The molecule has 0 spiro atoms. The summed E-state index contributed by atoms with van der Waals surface area (Å²) in [6, 6.07) is 5.47. The number of rotatable bonds is 5. The van der Waals surface area contributed by atoms with Crippen molar-refractivity contribution in [1.29, 1.82) is 0 Å². The molecule has 1 aromatic carbocycles. The minimum Gasteiger partial charge on any atom is -0.385 e. The number of hydrogen-bond donors (Lipinski definition) is 1. The highest BCUT2D eigenvalue weighted by atomic mass is 35.5. The number of sulfone groups is 1. The molecule has 0 unspecified atom stereocenters. The first-order valence-electron chi connectivity index (χ1n) is 5.63. The standard InChI is InChI=1S/C12H16ClFO3S/c1-3-12(13,18(16,17)4-2)11(15)9-7-5-6-8-10(9)14/h5-8,11,15H,3-4H2,1-2H3/t11-,12-/m1/s1. The van der Waals surface area contributed by atoms with Crippen LogP contribution in [-0.2, 0) is 9.84 Å². The first kappa shape index (κ1) is 15.4. The summed E-state index contributed by atoms with van der Waals surface area (Å²) in [6.07, 6.45) is -1.62. The van der Waals surface area contributed by atoms with E-state index < -0.39 is 26.0 Å². The molecule has 0 amide bonds. The maximum absolute atomic E-state index is 13.6. The van der Waals surface area contributed by atoms with Crippen molar-refractivity contribution < 1.29 is 17.9 Å². The van der Waals surface area contributed by atoms with Gasteiger partial charge >= 0.3 is 0 Å². The SMILES string of the molecule is CC[C@](Cl)([C@H](O)c1ccccc1F)S(=O)(=O)CC. The molecule has 3 nitrogen and oxygen atoms in total. The van der Waals surface area contributed by atoms with Crippen LogP contribution < -0.4 is 0 Å². The third kappa shape index (κ3) is 2.53. The Hall–Kier alpha value is -0.650. The van der Waals surface area contributed by atoms with E-state index >= 15 is 0 Å². The van der Waals surface area contributed by atoms with Crippen LogP contribution in [0, 0.1) is 5.82 Å². The summed E-state index contributed by atoms with van der Waals surface area (Å²) in [4.78, 5) is 0. The molecule has 0 saturated carbocycles. The Morgan fingerprint density at radius 1 is 1.39 bits per heavy atom. The first-order valence-corrected chi connectivity index (χ1v) is 7.66. The molecule has 2 atom stereocenters. The van der Waals surface area contributed by atoms with Crippen LogP contribution in [0.2, 0.25) is 0 Å². The van der Waals surface area contributed by atoms with Gasteiger partial charge in [0.2, 0.25) is 0 Å². The average Bonchev–Trinajstić information content (AvgIpc) is 2.37. The molecule has 1 aromatic rings. The molecule has 0 heterocycles. The highest BCUT2D eigenvalue weighted by Crippen LogP contribution is 2.40. The topological polar surface area (TPSA) is 54.4 Å². The van der Waals surface area contributed by atoms with Gasteiger partial charge in [-0.25, -0.2) is 12.8 Å². The summed E-state index contributed by atoms with van der Waals surface area (Å²) in [7, 11) is -3.73. The fourth-order valence-corrected chi connectivity index (χ4v) is 3.58. The summed E-state index contributed by atoms with van der Waals surface area (Å²) in [5.74, 6) is -0.884. The molecule has 0 aliphatic carbocycles. The van der Waals surface area contributed by atoms with Gasteiger partial charge in [0, 0.05) is 11.3 Å². The second-order valence-corrected chi connectivity index (χ2v) is 7.40. The van der Waals surface area contributed by atoms with Gasteiger partial charge < -0.3 is 5.11 Å². The number of aliphatic hydroxyl groups excluding tert-OH is 1. The third-order valence-corrected chi connectivity index (χ3v) is 6.47. The number of halogens is 2. The van der Waals surface area contributed by atoms with Gasteiger partial charge in [0.15, 0.2) is 14.0 Å². The van der Waals surface area contributed by atoms with Crippen LogP contribution in [0.3, 0.4) is 0 Å². The summed E-state index contributed by atoms with van der Waals surface area (Å²) in [5.41, 5.74) is -0.105. The number of benzene rings is 1. The van der Waals surface area contributed by atoms with E-state index in [0.717, 1.165) is 6.07 Å². The summed E-state index contributed by atoms with van der Waals surface area (Å²) < 4.78 is 35.6. The molecule has 0 saturated heterocycles. The molecule has 6 heteroatoms. The van der Waals surface area contributed by atoms with Gasteiger partial charge in [-0.3, -0.25) is 0 Å².